The number of nitrogens with one attached hydrogen (secondary N) is 1. The van der Waals surface area contributed by atoms with Crippen LogP contribution >= 0.6 is 23.2 Å². The van der Waals surface area contributed by atoms with Gasteiger partial charge in [0.1, 0.15) is 0 Å². The van der Waals surface area contributed by atoms with E-state index in [2.05, 4.69) is 29.6 Å². The summed E-state index contributed by atoms with van der Waals surface area (Å²) in [5, 5.41) is 4.78. The van der Waals surface area contributed by atoms with E-state index in [4.69, 9.17) is 23.2 Å². The summed E-state index contributed by atoms with van der Waals surface area (Å²) in [5.41, 5.74) is 2.40. The van der Waals surface area contributed by atoms with Gasteiger partial charge < -0.3 is 5.32 Å². The predicted molar refractivity (Wildman–Crippen MR) is 87.9 cm³/mol. The molecule has 2 aromatic rings. The summed E-state index contributed by atoms with van der Waals surface area (Å²) in [5.74, 6) is 0.466. The quantitative estimate of drug-likeness (QED) is 0.798. The molecule has 1 N–H and O–H groups in total. The van der Waals surface area contributed by atoms with Gasteiger partial charge in [0.2, 0.25) is 0 Å². The first-order valence-electron chi connectivity index (χ1n) is 6.84. The average Bonchev–Trinajstić information content (AvgIpc) is 2.46. The number of hydrogen-bond acceptors (Lipinski definition) is 1. The molecule has 3 heteroatoms. The molecule has 1 nitrogen and oxygen atoms in total. The molecule has 0 amide bonds. The van der Waals surface area contributed by atoms with Crippen LogP contribution in [0, 0.1) is 0 Å². The largest absolute Gasteiger partial charge is 0.319 e. The summed E-state index contributed by atoms with van der Waals surface area (Å²) in [4.78, 5) is 0. The Hall–Kier alpha value is -1.02. The highest BCUT2D eigenvalue weighted by Crippen LogP contribution is 2.28. The van der Waals surface area contributed by atoms with E-state index in [0.717, 1.165) is 35.0 Å². The monoisotopic (exact) mass is 307 g/mol. The highest BCUT2D eigenvalue weighted by molar-refractivity contribution is 6.35. The zero-order chi connectivity index (χ0) is 14.4. The Labute approximate surface area is 130 Å². The Morgan fingerprint density at radius 2 is 1.60 bits per heavy atom. The zero-order valence-corrected chi connectivity index (χ0v) is 13.1. The molecule has 1 atom stereocenters. The Morgan fingerprint density at radius 1 is 0.950 bits per heavy atom. The first-order chi connectivity index (χ1) is 9.72. The van der Waals surface area contributed by atoms with Crippen LogP contribution in [0.2, 0.25) is 10.0 Å². The second kappa shape index (κ2) is 7.68. The summed E-state index contributed by atoms with van der Waals surface area (Å²) in [7, 11) is 1.98. The predicted octanol–water partition coefficient (Wildman–Crippen LogP) is 4.93. The van der Waals surface area contributed by atoms with Crippen molar-refractivity contribution in [1.29, 1.82) is 0 Å². The maximum atomic E-state index is 6.24. The molecular formula is C17H19Cl2N. The maximum Gasteiger partial charge on any atom is 0.0452 e. The fourth-order valence-electron chi connectivity index (χ4n) is 2.45. The maximum absolute atomic E-state index is 6.24. The first-order valence-corrected chi connectivity index (χ1v) is 7.60. The molecule has 0 fully saturated rings. The van der Waals surface area contributed by atoms with Gasteiger partial charge in [0.15, 0.2) is 0 Å². The second-order valence-electron chi connectivity index (χ2n) is 4.90. The first kappa shape index (κ1) is 15.4. The molecule has 0 aliphatic rings. The zero-order valence-electron chi connectivity index (χ0n) is 11.6. The Balaban J connectivity index is 2.10. The number of likely N-dealkylation sites (N-methyl/N-ethyl adjacent to an activating group) is 1. The van der Waals surface area contributed by atoms with Gasteiger partial charge in [0.25, 0.3) is 0 Å². The third kappa shape index (κ3) is 3.99. The van der Waals surface area contributed by atoms with E-state index in [9.17, 15) is 0 Å². The summed E-state index contributed by atoms with van der Waals surface area (Å²) >= 11 is 12.5. The number of halogens is 2. The van der Waals surface area contributed by atoms with Crippen molar-refractivity contribution in [3.05, 3.63) is 69.7 Å². The van der Waals surface area contributed by atoms with Crippen LogP contribution in [0.25, 0.3) is 0 Å². The molecule has 0 saturated heterocycles. The van der Waals surface area contributed by atoms with Crippen molar-refractivity contribution in [2.24, 2.45) is 0 Å². The average molecular weight is 308 g/mol. The molecule has 0 aromatic heterocycles. The van der Waals surface area contributed by atoms with Gasteiger partial charge in [-0.3, -0.25) is 0 Å². The van der Waals surface area contributed by atoms with Crippen molar-refractivity contribution in [3.8, 4) is 0 Å². The number of rotatable bonds is 6. The molecular weight excluding hydrogens is 289 g/mol. The molecule has 106 valence electrons. The third-order valence-corrected chi connectivity index (χ3v) is 4.23. The van der Waals surface area contributed by atoms with Crippen molar-refractivity contribution >= 4 is 23.2 Å². The minimum atomic E-state index is 0.466. The summed E-state index contributed by atoms with van der Waals surface area (Å²) in [6.07, 6.45) is 1.91. The minimum absolute atomic E-state index is 0.466. The lowest BCUT2D eigenvalue weighted by atomic mass is 9.92. The van der Waals surface area contributed by atoms with Crippen LogP contribution in [0.15, 0.2) is 48.5 Å². The lowest BCUT2D eigenvalue weighted by Gasteiger charge is -2.18. The lowest BCUT2D eigenvalue weighted by Crippen LogP contribution is -2.18. The molecule has 20 heavy (non-hydrogen) atoms. The fourth-order valence-corrected chi connectivity index (χ4v) is 3.03. The van der Waals surface area contributed by atoms with Crippen LogP contribution in [-0.4, -0.2) is 13.6 Å². The van der Waals surface area contributed by atoms with E-state index in [1.807, 2.05) is 31.3 Å². The molecule has 0 heterocycles. The molecule has 0 bridgehead atoms. The molecule has 2 aromatic carbocycles. The number of hydrogen-bond donors (Lipinski definition) is 1. The van der Waals surface area contributed by atoms with Crippen LogP contribution in [-0.2, 0) is 6.42 Å². The highest BCUT2D eigenvalue weighted by Gasteiger charge is 2.13. The summed E-state index contributed by atoms with van der Waals surface area (Å²) in [6.45, 7) is 0.950. The van der Waals surface area contributed by atoms with Crippen molar-refractivity contribution in [3.63, 3.8) is 0 Å². The molecule has 0 aliphatic heterocycles. The van der Waals surface area contributed by atoms with E-state index < -0.39 is 0 Å². The Bertz CT molecular complexity index is 520. The van der Waals surface area contributed by atoms with E-state index >= 15 is 0 Å². The van der Waals surface area contributed by atoms with Gasteiger partial charge in [-0.2, -0.15) is 0 Å². The van der Waals surface area contributed by atoms with Gasteiger partial charge in [0, 0.05) is 16.6 Å². The van der Waals surface area contributed by atoms with E-state index in [1.54, 1.807) is 0 Å². The number of benzene rings is 2. The van der Waals surface area contributed by atoms with Gasteiger partial charge in [0.05, 0.1) is 0 Å². The summed E-state index contributed by atoms with van der Waals surface area (Å²) in [6, 6.07) is 16.3. The van der Waals surface area contributed by atoms with Crippen molar-refractivity contribution in [1.82, 2.24) is 5.32 Å². The smallest absolute Gasteiger partial charge is 0.0452 e. The second-order valence-corrected chi connectivity index (χ2v) is 5.72. The fraction of sp³-hybridized carbons (Fsp3) is 0.294. The van der Waals surface area contributed by atoms with Crippen molar-refractivity contribution in [2.75, 3.05) is 13.6 Å². The van der Waals surface area contributed by atoms with Crippen molar-refractivity contribution in [2.45, 2.75) is 18.8 Å². The van der Waals surface area contributed by atoms with Crippen LogP contribution in [0.1, 0.15) is 23.5 Å². The highest BCUT2D eigenvalue weighted by atomic mass is 35.5. The normalized spacial score (nSPS) is 12.3. The van der Waals surface area contributed by atoms with Crippen molar-refractivity contribution < 1.29 is 0 Å². The third-order valence-electron chi connectivity index (χ3n) is 3.53. The van der Waals surface area contributed by atoms with Gasteiger partial charge in [-0.25, -0.2) is 0 Å². The van der Waals surface area contributed by atoms with Gasteiger partial charge in [-0.15, -0.1) is 0 Å². The lowest BCUT2D eigenvalue weighted by molar-refractivity contribution is 0.584. The topological polar surface area (TPSA) is 12.0 Å². The summed E-state index contributed by atoms with van der Waals surface area (Å²) < 4.78 is 0. The molecule has 0 radical (unpaired) electrons. The van der Waals surface area contributed by atoms with E-state index in [0.29, 0.717) is 5.92 Å². The standard InChI is InChI=1S/C17H19Cl2N/c1-20-12-14(13-6-3-2-4-7-13)10-11-15-16(18)8-5-9-17(15)19/h2-9,14,20H,10-12H2,1H3. The minimum Gasteiger partial charge on any atom is -0.319 e. The van der Waals surface area contributed by atoms with Gasteiger partial charge in [-0.1, -0.05) is 59.6 Å². The molecule has 1 unspecified atom stereocenters. The molecule has 0 aliphatic carbocycles. The van der Waals surface area contributed by atoms with Gasteiger partial charge in [-0.05, 0) is 49.1 Å². The molecule has 2 rings (SSSR count). The Kier molecular flexibility index (Phi) is 5.90. The SMILES string of the molecule is CNCC(CCc1c(Cl)cccc1Cl)c1ccccc1. The molecule has 0 saturated carbocycles. The van der Waals surface area contributed by atoms with Crippen LogP contribution in [0.4, 0.5) is 0 Å². The van der Waals surface area contributed by atoms with E-state index in [1.165, 1.54) is 5.56 Å². The van der Waals surface area contributed by atoms with Gasteiger partial charge >= 0.3 is 0 Å². The molecule has 0 spiro atoms. The van der Waals surface area contributed by atoms with E-state index in [-0.39, 0.29) is 0 Å². The Morgan fingerprint density at radius 3 is 2.20 bits per heavy atom. The van der Waals surface area contributed by atoms with Crippen LogP contribution in [0.5, 0.6) is 0 Å². The van der Waals surface area contributed by atoms with Crippen LogP contribution < -0.4 is 5.32 Å². The van der Waals surface area contributed by atoms with Crippen LogP contribution in [0.3, 0.4) is 0 Å².